The van der Waals surface area contributed by atoms with Crippen molar-refractivity contribution in [2.24, 2.45) is 5.92 Å². The number of rotatable bonds is 4. The van der Waals surface area contributed by atoms with Crippen molar-refractivity contribution in [2.45, 2.75) is 6.92 Å². The number of anilines is 2. The second-order valence-corrected chi connectivity index (χ2v) is 10.2. The molecule has 2 heterocycles. The molecule has 0 spiro atoms. The van der Waals surface area contributed by atoms with Gasteiger partial charge in [0.15, 0.2) is 0 Å². The quantitative estimate of drug-likeness (QED) is 0.672. The Morgan fingerprint density at radius 1 is 1.09 bits per heavy atom. The summed E-state index contributed by atoms with van der Waals surface area (Å²) in [5.41, 5.74) is 1.28. The lowest BCUT2D eigenvalue weighted by molar-refractivity contribution is -0.119. The highest BCUT2D eigenvalue weighted by Gasteiger charge is 2.42. The molecule has 2 fully saturated rings. The number of carbonyl (C=O) groups is 2. The zero-order valence-electron chi connectivity index (χ0n) is 17.8. The first kappa shape index (κ1) is 22.4. The van der Waals surface area contributed by atoms with Crippen LogP contribution in [0.15, 0.2) is 42.5 Å². The molecule has 0 bridgehead atoms. The minimum Gasteiger partial charge on any atom is -0.495 e. The third-order valence-corrected chi connectivity index (χ3v) is 7.97. The Morgan fingerprint density at radius 2 is 1.78 bits per heavy atom. The van der Waals surface area contributed by atoms with Gasteiger partial charge < -0.3 is 14.5 Å². The van der Waals surface area contributed by atoms with Crippen LogP contribution in [0.2, 0.25) is 5.02 Å². The lowest BCUT2D eigenvalue weighted by atomic mass is 10.1. The van der Waals surface area contributed by atoms with E-state index < -0.39 is 21.8 Å². The third-order valence-electron chi connectivity index (χ3n) is 5.77. The summed E-state index contributed by atoms with van der Waals surface area (Å²) in [6, 6.07) is 12.0. The molecular formula is C22H24ClN3O5S. The molecule has 4 rings (SSSR count). The molecule has 1 unspecified atom stereocenters. The number of hydrogen-bond acceptors (Lipinski definition) is 6. The van der Waals surface area contributed by atoms with Crippen LogP contribution in [0.1, 0.15) is 17.3 Å². The van der Waals surface area contributed by atoms with E-state index in [0.717, 1.165) is 15.7 Å². The van der Waals surface area contributed by atoms with Crippen molar-refractivity contribution in [3.8, 4) is 5.75 Å². The van der Waals surface area contributed by atoms with Crippen LogP contribution in [-0.2, 0) is 14.8 Å². The summed E-state index contributed by atoms with van der Waals surface area (Å²) in [5.74, 6) is -0.903. The van der Waals surface area contributed by atoms with Crippen molar-refractivity contribution in [3.05, 3.63) is 53.1 Å². The summed E-state index contributed by atoms with van der Waals surface area (Å²) in [7, 11) is -2.14. The first-order valence-electron chi connectivity index (χ1n) is 10.3. The zero-order valence-corrected chi connectivity index (χ0v) is 19.4. The topological polar surface area (TPSA) is 87.2 Å². The number of benzene rings is 2. The molecule has 32 heavy (non-hydrogen) atoms. The summed E-state index contributed by atoms with van der Waals surface area (Å²) in [6.45, 7) is 3.73. The van der Waals surface area contributed by atoms with Crippen LogP contribution in [0, 0.1) is 5.92 Å². The van der Waals surface area contributed by atoms with Gasteiger partial charge in [0.2, 0.25) is 15.9 Å². The van der Waals surface area contributed by atoms with Crippen molar-refractivity contribution in [2.75, 3.05) is 48.2 Å². The lowest BCUT2D eigenvalue weighted by Crippen LogP contribution is -2.49. The standard InChI is InChI=1S/C22H24ClN3O5S/c1-15-14-32(29,30)26(21(15)27)16-7-8-18(23)17(13-16)22(28)25-11-9-24(10-12-25)19-5-3-4-6-20(19)31-2/h3-8,13,15H,9-12,14H2,1-2H3. The minimum absolute atomic E-state index is 0.139. The molecule has 2 saturated heterocycles. The number of amides is 2. The van der Waals surface area contributed by atoms with Crippen molar-refractivity contribution >= 4 is 44.8 Å². The van der Waals surface area contributed by atoms with Crippen LogP contribution in [0.3, 0.4) is 0 Å². The van der Waals surface area contributed by atoms with Crippen molar-refractivity contribution in [1.29, 1.82) is 0 Å². The summed E-state index contributed by atoms with van der Waals surface area (Å²) >= 11 is 6.29. The Labute approximate surface area is 192 Å². The van der Waals surface area contributed by atoms with E-state index >= 15 is 0 Å². The maximum atomic E-state index is 13.2. The molecule has 170 valence electrons. The molecule has 2 amide bonds. The number of piperazine rings is 1. The monoisotopic (exact) mass is 477 g/mol. The van der Waals surface area contributed by atoms with Crippen LogP contribution >= 0.6 is 11.6 Å². The Kier molecular flexibility index (Phi) is 6.05. The Morgan fingerprint density at radius 3 is 2.41 bits per heavy atom. The second-order valence-electron chi connectivity index (χ2n) is 7.90. The highest BCUT2D eigenvalue weighted by Crippen LogP contribution is 2.32. The Balaban J connectivity index is 1.53. The van der Waals surface area contributed by atoms with E-state index in [0.29, 0.717) is 26.2 Å². The summed E-state index contributed by atoms with van der Waals surface area (Å²) in [4.78, 5) is 29.5. The number of nitrogens with zero attached hydrogens (tertiary/aromatic N) is 3. The molecule has 0 aliphatic carbocycles. The van der Waals surface area contributed by atoms with Gasteiger partial charge in [-0.15, -0.1) is 0 Å². The highest BCUT2D eigenvalue weighted by atomic mass is 35.5. The number of carbonyl (C=O) groups excluding carboxylic acids is 2. The van der Waals surface area contributed by atoms with Gasteiger partial charge in [-0.25, -0.2) is 12.7 Å². The molecule has 0 N–H and O–H groups in total. The number of hydrogen-bond donors (Lipinski definition) is 0. The maximum Gasteiger partial charge on any atom is 0.255 e. The van der Waals surface area contributed by atoms with Gasteiger partial charge in [0.05, 0.1) is 40.7 Å². The van der Waals surface area contributed by atoms with Gasteiger partial charge in [0.25, 0.3) is 5.91 Å². The fourth-order valence-corrected chi connectivity index (χ4v) is 6.11. The molecule has 10 heteroatoms. The zero-order chi connectivity index (χ0) is 23.0. The van der Waals surface area contributed by atoms with Gasteiger partial charge in [0, 0.05) is 26.2 Å². The van der Waals surface area contributed by atoms with Crippen LogP contribution in [0.25, 0.3) is 0 Å². The molecule has 0 radical (unpaired) electrons. The van der Waals surface area contributed by atoms with Gasteiger partial charge in [-0.3, -0.25) is 9.59 Å². The second kappa shape index (κ2) is 8.63. The van der Waals surface area contributed by atoms with E-state index in [1.807, 2.05) is 24.3 Å². The van der Waals surface area contributed by atoms with E-state index in [1.54, 1.807) is 18.9 Å². The van der Waals surface area contributed by atoms with E-state index in [9.17, 15) is 18.0 Å². The fraction of sp³-hybridized carbons (Fsp3) is 0.364. The molecule has 1 atom stereocenters. The first-order valence-corrected chi connectivity index (χ1v) is 12.3. The third kappa shape index (κ3) is 4.02. The van der Waals surface area contributed by atoms with Crippen LogP contribution < -0.4 is 13.9 Å². The smallest absolute Gasteiger partial charge is 0.255 e. The van der Waals surface area contributed by atoms with Gasteiger partial charge >= 0.3 is 0 Å². The Bertz CT molecular complexity index is 1160. The summed E-state index contributed by atoms with van der Waals surface area (Å²) < 4.78 is 31.1. The van der Waals surface area contributed by atoms with Crippen LogP contribution in [0.4, 0.5) is 11.4 Å². The van der Waals surface area contributed by atoms with E-state index in [4.69, 9.17) is 16.3 Å². The minimum atomic E-state index is -3.77. The molecule has 0 saturated carbocycles. The van der Waals surface area contributed by atoms with E-state index in [2.05, 4.69) is 4.90 Å². The number of para-hydroxylation sites is 2. The number of sulfonamides is 1. The molecule has 2 aliphatic heterocycles. The predicted octanol–water partition coefficient (Wildman–Crippen LogP) is 2.62. The van der Waals surface area contributed by atoms with Gasteiger partial charge in [-0.05, 0) is 30.3 Å². The molecule has 2 aromatic rings. The van der Waals surface area contributed by atoms with Gasteiger partial charge in [-0.2, -0.15) is 0 Å². The number of halogens is 1. The van der Waals surface area contributed by atoms with Crippen molar-refractivity contribution in [1.82, 2.24) is 4.90 Å². The van der Waals surface area contributed by atoms with Gasteiger partial charge in [0.1, 0.15) is 5.75 Å². The Hall–Kier alpha value is -2.78. The SMILES string of the molecule is COc1ccccc1N1CCN(C(=O)c2cc(N3C(=O)C(C)CS3(=O)=O)ccc2Cl)CC1. The largest absolute Gasteiger partial charge is 0.495 e. The number of methoxy groups -OCH3 is 1. The van der Waals surface area contributed by atoms with Crippen molar-refractivity contribution in [3.63, 3.8) is 0 Å². The molecule has 0 aromatic heterocycles. The highest BCUT2D eigenvalue weighted by molar-refractivity contribution is 7.94. The molecule has 8 nitrogen and oxygen atoms in total. The average molecular weight is 478 g/mol. The fourth-order valence-electron chi connectivity index (χ4n) is 4.10. The lowest BCUT2D eigenvalue weighted by Gasteiger charge is -2.36. The normalized spacial score (nSPS) is 20.5. The summed E-state index contributed by atoms with van der Waals surface area (Å²) in [5, 5.41) is 0.211. The molecular weight excluding hydrogens is 454 g/mol. The molecule has 2 aromatic carbocycles. The van der Waals surface area contributed by atoms with Crippen LogP contribution in [-0.4, -0.2) is 64.2 Å². The van der Waals surface area contributed by atoms with Crippen molar-refractivity contribution < 1.29 is 22.7 Å². The van der Waals surface area contributed by atoms with E-state index in [-0.39, 0.29) is 27.9 Å². The maximum absolute atomic E-state index is 13.2. The first-order chi connectivity index (χ1) is 15.2. The van der Waals surface area contributed by atoms with E-state index in [1.165, 1.54) is 18.2 Å². The average Bonchev–Trinajstić information content (AvgIpc) is 3.00. The van der Waals surface area contributed by atoms with Crippen LogP contribution in [0.5, 0.6) is 5.75 Å². The molecule has 2 aliphatic rings. The predicted molar refractivity (Wildman–Crippen MR) is 123 cm³/mol. The summed E-state index contributed by atoms with van der Waals surface area (Å²) in [6.07, 6.45) is 0. The number of ether oxygens (including phenoxy) is 1. The van der Waals surface area contributed by atoms with Gasteiger partial charge in [-0.1, -0.05) is 30.7 Å².